The number of Topliss-reactive ketones (excluding diaryl/α,β-unsaturated/α-hetero) is 1. The fourth-order valence-corrected chi connectivity index (χ4v) is 6.43. The van der Waals surface area contributed by atoms with Crippen LogP contribution in [0.3, 0.4) is 0 Å². The van der Waals surface area contributed by atoms with Gasteiger partial charge in [-0.25, -0.2) is 4.98 Å². The van der Waals surface area contributed by atoms with Gasteiger partial charge in [0.25, 0.3) is 5.78 Å². The number of anilines is 1. The minimum Gasteiger partial charge on any atom is -0.507 e. The molecule has 1 atom stereocenters. The number of aliphatic hydroxyl groups is 1. The summed E-state index contributed by atoms with van der Waals surface area (Å²) in [5.41, 5.74) is 3.06. The lowest BCUT2D eigenvalue weighted by atomic mass is 9.98. The molecule has 1 fully saturated rings. The van der Waals surface area contributed by atoms with Gasteiger partial charge in [-0.05, 0) is 59.8 Å². The Morgan fingerprint density at radius 3 is 2.88 bits per heavy atom. The third kappa shape index (κ3) is 3.25. The molecule has 2 aromatic heterocycles. The summed E-state index contributed by atoms with van der Waals surface area (Å²) in [4.78, 5) is 33.4. The topological polar surface area (TPSA) is 79.7 Å². The smallest absolute Gasteiger partial charge is 0.301 e. The maximum Gasteiger partial charge on any atom is 0.301 e. The predicted octanol–water partition coefficient (Wildman–Crippen LogP) is 5.88. The van der Waals surface area contributed by atoms with E-state index >= 15 is 0 Å². The maximum absolute atomic E-state index is 13.3. The number of aryl methyl sites for hydroxylation is 1. The third-order valence-electron chi connectivity index (χ3n) is 6.08. The average Bonchev–Trinajstić information content (AvgIpc) is 3.60. The van der Waals surface area contributed by atoms with E-state index in [1.807, 2.05) is 36.6 Å². The number of ketones is 1. The monoisotopic (exact) mass is 508 g/mol. The number of hydrogen-bond donors (Lipinski definition) is 1. The van der Waals surface area contributed by atoms with Crippen LogP contribution in [0.1, 0.15) is 27.6 Å². The van der Waals surface area contributed by atoms with Gasteiger partial charge in [-0.2, -0.15) is 0 Å². The number of nitrogens with zero attached hydrogens (tertiary/aromatic N) is 2. The van der Waals surface area contributed by atoms with E-state index in [0.29, 0.717) is 27.8 Å². The van der Waals surface area contributed by atoms with E-state index in [-0.39, 0.29) is 11.3 Å². The predicted molar refractivity (Wildman–Crippen MR) is 134 cm³/mol. The summed E-state index contributed by atoms with van der Waals surface area (Å²) in [6.45, 7) is 2.49. The molecule has 1 saturated heterocycles. The molecule has 9 heteroatoms. The lowest BCUT2D eigenvalue weighted by Crippen LogP contribution is -2.28. The number of halogens is 1. The average molecular weight is 509 g/mol. The van der Waals surface area contributed by atoms with E-state index in [4.69, 9.17) is 16.3 Å². The molecule has 4 heterocycles. The molecule has 1 amide bonds. The van der Waals surface area contributed by atoms with Crippen LogP contribution in [-0.4, -0.2) is 28.4 Å². The molecule has 0 radical (unpaired) electrons. The summed E-state index contributed by atoms with van der Waals surface area (Å²) in [6.07, 6.45) is 0.729. The van der Waals surface area contributed by atoms with Crippen molar-refractivity contribution >= 4 is 67.1 Å². The van der Waals surface area contributed by atoms with Gasteiger partial charge in [-0.1, -0.05) is 29.0 Å². The van der Waals surface area contributed by atoms with E-state index in [2.05, 4.69) is 4.98 Å². The van der Waals surface area contributed by atoms with Crippen molar-refractivity contribution in [3.8, 4) is 5.75 Å². The Labute approximate surface area is 207 Å². The Morgan fingerprint density at radius 2 is 2.09 bits per heavy atom. The number of benzene rings is 2. The second kappa shape index (κ2) is 7.94. The molecule has 1 unspecified atom stereocenters. The van der Waals surface area contributed by atoms with Gasteiger partial charge < -0.3 is 9.84 Å². The normalized spacial score (nSPS) is 19.1. The number of aromatic nitrogens is 1. The van der Waals surface area contributed by atoms with E-state index < -0.39 is 17.7 Å². The highest BCUT2D eigenvalue weighted by Gasteiger charge is 2.48. The number of thiophene rings is 1. The number of ether oxygens (including phenoxy) is 1. The SMILES string of the molecule is Cc1cc2sc(N3C(=O)C(=O)/C(=C(/O)c4ccc5c(c4)CCO5)C3c3cccs3)nc2cc1Cl. The summed E-state index contributed by atoms with van der Waals surface area (Å²) in [5.74, 6) is -0.878. The van der Waals surface area contributed by atoms with Gasteiger partial charge >= 0.3 is 5.91 Å². The largest absolute Gasteiger partial charge is 0.507 e. The molecule has 0 aliphatic carbocycles. The number of carbonyl (C=O) groups excluding carboxylic acids is 2. The molecular formula is C25H17ClN2O4S2. The quantitative estimate of drug-likeness (QED) is 0.212. The van der Waals surface area contributed by atoms with Crippen molar-refractivity contribution < 1.29 is 19.4 Å². The van der Waals surface area contributed by atoms with E-state index in [9.17, 15) is 14.7 Å². The lowest BCUT2D eigenvalue weighted by molar-refractivity contribution is -0.132. The van der Waals surface area contributed by atoms with Crippen molar-refractivity contribution in [2.24, 2.45) is 0 Å². The fourth-order valence-electron chi connectivity index (χ4n) is 4.38. The van der Waals surface area contributed by atoms with Crippen LogP contribution in [0.15, 0.2) is 53.4 Å². The van der Waals surface area contributed by atoms with Gasteiger partial charge in [0.2, 0.25) is 0 Å². The van der Waals surface area contributed by atoms with Gasteiger partial charge in [0.15, 0.2) is 5.13 Å². The minimum atomic E-state index is -0.776. The standard InChI is InChI=1S/C25H17ClN2O4S2/c1-12-9-19-16(11-15(12)26)27-25(34-19)28-21(18-3-2-8-33-18)20(23(30)24(28)31)22(29)14-4-5-17-13(10-14)6-7-32-17/h2-5,8-11,21,29H,6-7H2,1H3/b22-20+. The number of rotatable bonds is 3. The molecule has 170 valence electrons. The molecule has 0 bridgehead atoms. The molecule has 6 nitrogen and oxygen atoms in total. The first-order valence-electron chi connectivity index (χ1n) is 10.6. The molecular weight excluding hydrogens is 492 g/mol. The van der Waals surface area contributed by atoms with Gasteiger partial charge in [-0.15, -0.1) is 11.3 Å². The zero-order chi connectivity index (χ0) is 23.6. The highest BCUT2D eigenvalue weighted by molar-refractivity contribution is 7.22. The maximum atomic E-state index is 13.3. The van der Waals surface area contributed by atoms with Crippen molar-refractivity contribution in [1.29, 1.82) is 0 Å². The zero-order valence-corrected chi connectivity index (χ0v) is 20.3. The number of amides is 1. The summed E-state index contributed by atoms with van der Waals surface area (Å²) < 4.78 is 6.42. The van der Waals surface area contributed by atoms with Crippen molar-refractivity contribution in [3.05, 3.63) is 80.0 Å². The second-order valence-electron chi connectivity index (χ2n) is 8.17. The van der Waals surface area contributed by atoms with Gasteiger partial charge in [-0.3, -0.25) is 14.5 Å². The Kier molecular flexibility index (Phi) is 4.98. The van der Waals surface area contributed by atoms with Crippen LogP contribution in [0.4, 0.5) is 5.13 Å². The first-order chi connectivity index (χ1) is 16.4. The number of fused-ring (bicyclic) bond motifs is 2. The molecule has 2 aliphatic rings. The fraction of sp³-hybridized carbons (Fsp3) is 0.160. The highest BCUT2D eigenvalue weighted by atomic mass is 35.5. The van der Waals surface area contributed by atoms with E-state index in [0.717, 1.165) is 32.9 Å². The van der Waals surface area contributed by atoms with Crippen molar-refractivity contribution in [2.75, 3.05) is 11.5 Å². The molecule has 34 heavy (non-hydrogen) atoms. The third-order valence-corrected chi connectivity index (χ3v) is 8.43. The molecule has 0 spiro atoms. The molecule has 0 saturated carbocycles. The lowest BCUT2D eigenvalue weighted by Gasteiger charge is -2.21. The van der Waals surface area contributed by atoms with Gasteiger partial charge in [0, 0.05) is 21.9 Å². The highest BCUT2D eigenvalue weighted by Crippen LogP contribution is 2.46. The van der Waals surface area contributed by atoms with Crippen LogP contribution >= 0.6 is 34.3 Å². The number of carbonyl (C=O) groups is 2. The Hall–Kier alpha value is -3.20. The van der Waals surface area contributed by atoms with Crippen LogP contribution in [0.2, 0.25) is 5.02 Å². The number of thiazole rings is 1. The van der Waals surface area contributed by atoms with Crippen LogP contribution in [-0.2, 0) is 16.0 Å². The number of aliphatic hydroxyl groups excluding tert-OH is 1. The van der Waals surface area contributed by atoms with Crippen LogP contribution in [0.5, 0.6) is 5.75 Å². The second-order valence-corrected chi connectivity index (χ2v) is 10.6. The van der Waals surface area contributed by atoms with E-state index in [1.165, 1.54) is 27.6 Å². The Balaban J connectivity index is 1.53. The Morgan fingerprint density at radius 1 is 1.24 bits per heavy atom. The zero-order valence-electron chi connectivity index (χ0n) is 17.9. The summed E-state index contributed by atoms with van der Waals surface area (Å²) in [7, 11) is 0. The van der Waals surface area contributed by atoms with E-state index in [1.54, 1.807) is 18.2 Å². The first-order valence-corrected chi connectivity index (χ1v) is 12.7. The number of hydrogen-bond acceptors (Lipinski definition) is 7. The van der Waals surface area contributed by atoms with Crippen LogP contribution in [0, 0.1) is 6.92 Å². The van der Waals surface area contributed by atoms with Crippen molar-refractivity contribution in [2.45, 2.75) is 19.4 Å². The molecule has 1 N–H and O–H groups in total. The molecule has 2 aromatic carbocycles. The summed E-state index contributed by atoms with van der Waals surface area (Å²) in [5, 5.41) is 14.1. The summed E-state index contributed by atoms with van der Waals surface area (Å²) >= 11 is 9.01. The minimum absolute atomic E-state index is 0.0554. The summed E-state index contributed by atoms with van der Waals surface area (Å²) in [6, 6.07) is 11.9. The first kappa shape index (κ1) is 21.3. The molecule has 4 aromatic rings. The van der Waals surface area contributed by atoms with Gasteiger partial charge in [0.1, 0.15) is 17.6 Å². The van der Waals surface area contributed by atoms with Crippen molar-refractivity contribution in [1.82, 2.24) is 4.98 Å². The van der Waals surface area contributed by atoms with Crippen molar-refractivity contribution in [3.63, 3.8) is 0 Å². The van der Waals surface area contributed by atoms with Gasteiger partial charge in [0.05, 0.1) is 22.4 Å². The molecule has 2 aliphatic heterocycles. The molecule has 6 rings (SSSR count). The van der Waals surface area contributed by atoms with Crippen LogP contribution in [0.25, 0.3) is 16.0 Å². The van der Waals surface area contributed by atoms with Crippen LogP contribution < -0.4 is 9.64 Å². The Bertz CT molecular complexity index is 1480.